The van der Waals surface area contributed by atoms with E-state index in [-0.39, 0.29) is 28.9 Å². The highest BCUT2D eigenvalue weighted by Gasteiger charge is 2.10. The summed E-state index contributed by atoms with van der Waals surface area (Å²) in [5.41, 5.74) is -0.237. The highest BCUT2D eigenvalue weighted by atomic mass is 19.3. The molecule has 0 bridgehead atoms. The zero-order valence-corrected chi connectivity index (χ0v) is 13.8. The van der Waals surface area contributed by atoms with E-state index in [0.29, 0.717) is 6.42 Å². The van der Waals surface area contributed by atoms with E-state index in [1.165, 1.54) is 24.4 Å². The molecule has 10 heteroatoms. The van der Waals surface area contributed by atoms with Crippen molar-refractivity contribution < 1.29 is 18.3 Å². The number of ether oxygens (including phenoxy) is 1. The summed E-state index contributed by atoms with van der Waals surface area (Å²) in [7, 11) is 0. The lowest BCUT2D eigenvalue weighted by Crippen LogP contribution is -2.27. The Labute approximate surface area is 150 Å². The van der Waals surface area contributed by atoms with Gasteiger partial charge in [0.2, 0.25) is 0 Å². The van der Waals surface area contributed by atoms with Crippen LogP contribution in [-0.4, -0.2) is 34.0 Å². The van der Waals surface area contributed by atoms with Crippen molar-refractivity contribution in [2.24, 2.45) is 0 Å². The number of amides is 1. The van der Waals surface area contributed by atoms with Gasteiger partial charge in [0, 0.05) is 12.7 Å². The van der Waals surface area contributed by atoms with Gasteiger partial charge in [-0.2, -0.15) is 8.78 Å². The first-order valence-electron chi connectivity index (χ1n) is 7.86. The number of carbonyl (C=O) groups is 1. The molecule has 1 amide bonds. The molecule has 0 fully saturated rings. The molecule has 140 valence electrons. The molecule has 3 N–H and O–H groups in total. The summed E-state index contributed by atoms with van der Waals surface area (Å²) >= 11 is 0. The van der Waals surface area contributed by atoms with Crippen LogP contribution in [0.2, 0.25) is 0 Å². The summed E-state index contributed by atoms with van der Waals surface area (Å²) in [5, 5.41) is 2.77. The van der Waals surface area contributed by atoms with Crippen molar-refractivity contribution in [3.63, 3.8) is 0 Å². The molecular weight excluding hydrogens is 362 g/mol. The average Bonchev–Trinajstić information content (AvgIpc) is 2.62. The number of rotatable bonds is 6. The van der Waals surface area contributed by atoms with Crippen LogP contribution in [0, 0.1) is 0 Å². The van der Waals surface area contributed by atoms with Gasteiger partial charge in [0.05, 0.1) is 10.9 Å². The summed E-state index contributed by atoms with van der Waals surface area (Å²) in [5.74, 6) is -0.379. The number of carbonyl (C=O) groups excluding carboxylic acids is 1. The number of aromatic amines is 2. The number of H-pyrrole nitrogens is 2. The molecule has 0 aliphatic rings. The molecule has 0 radical (unpaired) electrons. The number of fused-ring (bicyclic) bond motifs is 1. The first-order chi connectivity index (χ1) is 12.9. The Hall–Kier alpha value is -3.56. The predicted octanol–water partition coefficient (Wildman–Crippen LogP) is 1.19. The minimum Gasteiger partial charge on any atom is -0.435 e. The fourth-order valence-corrected chi connectivity index (χ4v) is 2.43. The maximum atomic E-state index is 12.2. The molecule has 2 aromatic heterocycles. The van der Waals surface area contributed by atoms with E-state index >= 15 is 0 Å². The average molecular weight is 376 g/mol. The fourth-order valence-electron chi connectivity index (χ4n) is 2.43. The van der Waals surface area contributed by atoms with Crippen molar-refractivity contribution in [2.75, 3.05) is 6.54 Å². The van der Waals surface area contributed by atoms with Crippen LogP contribution in [0.15, 0.2) is 46.1 Å². The van der Waals surface area contributed by atoms with E-state index < -0.39 is 23.8 Å². The van der Waals surface area contributed by atoms with E-state index in [0.717, 1.165) is 5.56 Å². The Balaban J connectivity index is 1.61. The summed E-state index contributed by atoms with van der Waals surface area (Å²) in [4.78, 5) is 43.5. The number of halogens is 2. The summed E-state index contributed by atoms with van der Waals surface area (Å²) in [6.45, 7) is -2.59. The van der Waals surface area contributed by atoms with Crippen LogP contribution < -0.4 is 21.3 Å². The predicted molar refractivity (Wildman–Crippen MR) is 92.1 cm³/mol. The minimum atomic E-state index is -2.88. The second-order valence-electron chi connectivity index (χ2n) is 5.56. The molecular formula is C17H14F2N4O4. The molecule has 3 aromatic rings. The molecule has 0 saturated heterocycles. The van der Waals surface area contributed by atoms with Crippen molar-refractivity contribution in [3.05, 3.63) is 68.5 Å². The molecule has 0 spiro atoms. The Bertz CT molecular complexity index is 1080. The van der Waals surface area contributed by atoms with Crippen molar-refractivity contribution in [3.8, 4) is 5.75 Å². The third-order valence-electron chi connectivity index (χ3n) is 3.70. The van der Waals surface area contributed by atoms with Gasteiger partial charge in [0.1, 0.15) is 11.4 Å². The largest absolute Gasteiger partial charge is 0.435 e. The molecule has 0 saturated carbocycles. The summed E-state index contributed by atoms with van der Waals surface area (Å²) < 4.78 is 28.5. The van der Waals surface area contributed by atoms with Gasteiger partial charge in [-0.3, -0.25) is 19.6 Å². The second kappa shape index (κ2) is 7.77. The first kappa shape index (κ1) is 18.2. The molecule has 2 heterocycles. The van der Waals surface area contributed by atoms with Crippen molar-refractivity contribution >= 4 is 16.9 Å². The lowest BCUT2D eigenvalue weighted by Gasteiger charge is -2.07. The zero-order chi connectivity index (χ0) is 19.4. The van der Waals surface area contributed by atoms with Gasteiger partial charge in [-0.25, -0.2) is 9.78 Å². The summed E-state index contributed by atoms with van der Waals surface area (Å²) in [6.07, 6.45) is 1.72. The van der Waals surface area contributed by atoms with E-state index in [2.05, 4.69) is 25.0 Å². The third kappa shape index (κ3) is 4.54. The molecule has 0 unspecified atom stereocenters. The summed E-state index contributed by atoms with van der Waals surface area (Å²) in [6, 6.07) is 7.42. The maximum absolute atomic E-state index is 12.2. The lowest BCUT2D eigenvalue weighted by molar-refractivity contribution is -0.0498. The van der Waals surface area contributed by atoms with E-state index in [1.807, 2.05) is 0 Å². The third-order valence-corrected chi connectivity index (χ3v) is 3.70. The molecule has 27 heavy (non-hydrogen) atoms. The number of nitrogens with one attached hydrogen (secondary N) is 3. The van der Waals surface area contributed by atoms with E-state index in [4.69, 9.17) is 0 Å². The number of hydrogen-bond acceptors (Lipinski definition) is 5. The van der Waals surface area contributed by atoms with Crippen LogP contribution in [0.4, 0.5) is 8.78 Å². The fraction of sp³-hybridized carbons (Fsp3) is 0.176. The van der Waals surface area contributed by atoms with Crippen LogP contribution >= 0.6 is 0 Å². The monoisotopic (exact) mass is 376 g/mol. The molecule has 0 aliphatic carbocycles. The molecule has 1 aromatic carbocycles. The van der Waals surface area contributed by atoms with Gasteiger partial charge in [-0.15, -0.1) is 0 Å². The highest BCUT2D eigenvalue weighted by molar-refractivity contribution is 5.96. The quantitative estimate of drug-likeness (QED) is 0.597. The Morgan fingerprint density at radius 3 is 2.63 bits per heavy atom. The Morgan fingerprint density at radius 1 is 1.19 bits per heavy atom. The number of nitrogens with zero attached hydrogens (tertiary/aromatic N) is 1. The van der Waals surface area contributed by atoms with Gasteiger partial charge >= 0.3 is 12.3 Å². The Morgan fingerprint density at radius 2 is 1.93 bits per heavy atom. The number of benzene rings is 1. The highest BCUT2D eigenvalue weighted by Crippen LogP contribution is 2.15. The van der Waals surface area contributed by atoms with E-state index in [9.17, 15) is 23.2 Å². The maximum Gasteiger partial charge on any atom is 0.387 e. The minimum absolute atomic E-state index is 0.0586. The van der Waals surface area contributed by atoms with Gasteiger partial charge in [0.25, 0.3) is 11.5 Å². The second-order valence-corrected chi connectivity index (χ2v) is 5.56. The van der Waals surface area contributed by atoms with Crippen LogP contribution in [0.5, 0.6) is 5.75 Å². The zero-order valence-electron chi connectivity index (χ0n) is 13.8. The van der Waals surface area contributed by atoms with Crippen LogP contribution in [0.1, 0.15) is 15.9 Å². The van der Waals surface area contributed by atoms with E-state index in [1.54, 1.807) is 12.1 Å². The number of aromatic nitrogens is 3. The van der Waals surface area contributed by atoms with Crippen molar-refractivity contribution in [1.29, 1.82) is 0 Å². The molecule has 3 rings (SSSR count). The van der Waals surface area contributed by atoms with Gasteiger partial charge in [0.15, 0.2) is 0 Å². The standard InChI is InChI=1S/C17H14F2N4O4/c18-16(19)27-11-3-1-9(2-4-11)5-6-20-14(24)10-7-12-13(21-8-10)22-17(26)23-15(12)25/h1-4,7-8,16H,5-6H2,(H,20,24)(H2,21,22,23,25,26). The van der Waals surface area contributed by atoms with Gasteiger partial charge in [-0.1, -0.05) is 12.1 Å². The molecule has 0 atom stereocenters. The van der Waals surface area contributed by atoms with Crippen LogP contribution in [0.3, 0.4) is 0 Å². The number of pyridine rings is 1. The first-order valence-corrected chi connectivity index (χ1v) is 7.86. The molecule has 0 aliphatic heterocycles. The van der Waals surface area contributed by atoms with Gasteiger partial charge < -0.3 is 10.1 Å². The van der Waals surface area contributed by atoms with Gasteiger partial charge in [-0.05, 0) is 30.2 Å². The lowest BCUT2D eigenvalue weighted by atomic mass is 10.1. The van der Waals surface area contributed by atoms with Crippen molar-refractivity contribution in [1.82, 2.24) is 20.3 Å². The SMILES string of the molecule is O=C(NCCc1ccc(OC(F)F)cc1)c1cnc2[nH]c(=O)[nH]c(=O)c2c1. The smallest absolute Gasteiger partial charge is 0.387 e. The normalized spacial score (nSPS) is 10.9. The topological polar surface area (TPSA) is 117 Å². The number of hydrogen-bond donors (Lipinski definition) is 3. The Kier molecular flexibility index (Phi) is 5.25. The number of alkyl halides is 2. The van der Waals surface area contributed by atoms with Crippen LogP contribution in [-0.2, 0) is 6.42 Å². The van der Waals surface area contributed by atoms with Crippen molar-refractivity contribution in [2.45, 2.75) is 13.0 Å². The molecule has 8 nitrogen and oxygen atoms in total. The van der Waals surface area contributed by atoms with Crippen LogP contribution in [0.25, 0.3) is 11.0 Å².